The van der Waals surface area contributed by atoms with Crippen LogP contribution in [-0.4, -0.2) is 94.5 Å². The Kier molecular flexibility index (Phi) is 16.9. The average Bonchev–Trinajstić information content (AvgIpc) is 2.83. The van der Waals surface area contributed by atoms with E-state index in [0.717, 1.165) is 0 Å². The van der Waals surface area contributed by atoms with E-state index in [0.29, 0.717) is 12.2 Å². The van der Waals surface area contributed by atoms with Gasteiger partial charge in [0, 0.05) is 19.4 Å². The zero-order valence-corrected chi connectivity index (χ0v) is 22.0. The molecule has 0 spiro atoms. The number of nitrogens with two attached hydrogens (primary N) is 4. The van der Waals surface area contributed by atoms with Crippen LogP contribution in [0, 0.1) is 0 Å². The summed E-state index contributed by atoms with van der Waals surface area (Å²) in [5.41, 5.74) is 21.4. The maximum Gasteiger partial charge on any atom is 0.326 e. The van der Waals surface area contributed by atoms with E-state index in [9.17, 15) is 33.9 Å². The molecule has 13 N–H and O–H groups in total. The SMILES string of the molecule is CSCCC(NC(=O)C(CCC(=O)O)NC(=O)C(N)CCCN=C(N)N)C(=O)NC(CCC(N)=O)C(=O)O. The number of carbonyl (C=O) groups is 6. The van der Waals surface area contributed by atoms with Crippen LogP contribution in [-0.2, 0) is 28.8 Å². The number of nitrogens with zero attached hydrogens (tertiary/aromatic N) is 1. The highest BCUT2D eigenvalue weighted by atomic mass is 32.2. The van der Waals surface area contributed by atoms with Crippen molar-refractivity contribution in [2.75, 3.05) is 18.6 Å². The number of rotatable bonds is 20. The summed E-state index contributed by atoms with van der Waals surface area (Å²) < 4.78 is 0. The van der Waals surface area contributed by atoms with Crippen molar-refractivity contribution >= 4 is 53.3 Å². The van der Waals surface area contributed by atoms with Crippen molar-refractivity contribution in [1.29, 1.82) is 0 Å². The number of hydrogen-bond donors (Lipinski definition) is 9. The van der Waals surface area contributed by atoms with Gasteiger partial charge in [-0.05, 0) is 44.1 Å². The topological polar surface area (TPSA) is 295 Å². The van der Waals surface area contributed by atoms with Crippen molar-refractivity contribution in [3.63, 3.8) is 0 Å². The van der Waals surface area contributed by atoms with E-state index in [1.807, 2.05) is 0 Å². The minimum absolute atomic E-state index is 0.102. The molecule has 17 heteroatoms. The summed E-state index contributed by atoms with van der Waals surface area (Å²) in [6.45, 7) is 0.231. The Morgan fingerprint density at radius 2 is 1.32 bits per heavy atom. The lowest BCUT2D eigenvalue weighted by molar-refractivity contribution is -0.142. The average molecular weight is 563 g/mol. The van der Waals surface area contributed by atoms with Crippen molar-refractivity contribution in [3.05, 3.63) is 0 Å². The number of carboxylic acid groups (broad SMARTS) is 2. The molecule has 4 atom stereocenters. The molecule has 0 aliphatic heterocycles. The number of amides is 4. The molecular formula is C21H38N8O8S. The first-order chi connectivity index (χ1) is 17.8. The Labute approximate surface area is 224 Å². The van der Waals surface area contributed by atoms with Crippen molar-refractivity contribution in [1.82, 2.24) is 16.0 Å². The normalized spacial score (nSPS) is 13.7. The number of carboxylic acids is 2. The van der Waals surface area contributed by atoms with E-state index in [2.05, 4.69) is 20.9 Å². The zero-order chi connectivity index (χ0) is 29.3. The lowest BCUT2D eigenvalue weighted by Crippen LogP contribution is -2.57. The summed E-state index contributed by atoms with van der Waals surface area (Å²) in [6.07, 6.45) is 1.12. The summed E-state index contributed by atoms with van der Waals surface area (Å²) >= 11 is 1.36. The van der Waals surface area contributed by atoms with E-state index in [1.165, 1.54) is 11.8 Å². The van der Waals surface area contributed by atoms with Crippen LogP contribution < -0.4 is 38.9 Å². The molecule has 4 unspecified atom stereocenters. The van der Waals surface area contributed by atoms with Crippen LogP contribution in [0.1, 0.15) is 44.9 Å². The molecule has 216 valence electrons. The van der Waals surface area contributed by atoms with Gasteiger partial charge < -0.3 is 49.1 Å². The number of nitrogens with one attached hydrogen (secondary N) is 3. The van der Waals surface area contributed by atoms with Gasteiger partial charge in [-0.25, -0.2) is 4.79 Å². The number of guanidine groups is 1. The Hall–Kier alpha value is -3.60. The fourth-order valence-electron chi connectivity index (χ4n) is 3.06. The molecule has 0 aromatic rings. The van der Waals surface area contributed by atoms with Gasteiger partial charge in [0.25, 0.3) is 0 Å². The number of aliphatic imine (C=N–C) groups is 1. The van der Waals surface area contributed by atoms with Crippen LogP contribution in [0.4, 0.5) is 0 Å². The summed E-state index contributed by atoms with van der Waals surface area (Å²) in [7, 11) is 0. The molecule has 0 heterocycles. The van der Waals surface area contributed by atoms with Gasteiger partial charge in [-0.1, -0.05) is 0 Å². The van der Waals surface area contributed by atoms with Crippen LogP contribution in [0.5, 0.6) is 0 Å². The molecule has 0 radical (unpaired) electrons. The van der Waals surface area contributed by atoms with E-state index in [1.54, 1.807) is 6.26 Å². The molecule has 0 aliphatic carbocycles. The molecule has 0 rings (SSSR count). The van der Waals surface area contributed by atoms with E-state index in [4.69, 9.17) is 28.0 Å². The van der Waals surface area contributed by atoms with Gasteiger partial charge in [0.2, 0.25) is 23.6 Å². The van der Waals surface area contributed by atoms with Crippen LogP contribution in [0.3, 0.4) is 0 Å². The third-order valence-electron chi connectivity index (χ3n) is 5.12. The second-order valence-electron chi connectivity index (χ2n) is 8.30. The van der Waals surface area contributed by atoms with Gasteiger partial charge in [0.1, 0.15) is 18.1 Å². The summed E-state index contributed by atoms with van der Waals surface area (Å²) in [5.74, 6) is -5.46. The van der Waals surface area contributed by atoms with Crippen molar-refractivity contribution < 1.29 is 39.0 Å². The Balaban J connectivity index is 5.47. The van der Waals surface area contributed by atoms with Gasteiger partial charge >= 0.3 is 11.9 Å². The first kappa shape index (κ1) is 34.4. The van der Waals surface area contributed by atoms with Crippen LogP contribution in [0.15, 0.2) is 4.99 Å². The number of carbonyl (C=O) groups excluding carboxylic acids is 4. The summed E-state index contributed by atoms with van der Waals surface area (Å²) in [6, 6.07) is -5.01. The monoisotopic (exact) mass is 562 g/mol. The quantitative estimate of drug-likeness (QED) is 0.0402. The molecule has 0 saturated heterocycles. The fourth-order valence-corrected chi connectivity index (χ4v) is 3.53. The number of hydrogen-bond acceptors (Lipinski definition) is 9. The van der Waals surface area contributed by atoms with Gasteiger partial charge in [-0.2, -0.15) is 11.8 Å². The molecule has 0 fully saturated rings. The van der Waals surface area contributed by atoms with Crippen LogP contribution >= 0.6 is 11.8 Å². The molecule has 0 aromatic carbocycles. The van der Waals surface area contributed by atoms with Gasteiger partial charge in [-0.15, -0.1) is 0 Å². The highest BCUT2D eigenvalue weighted by Crippen LogP contribution is 2.07. The first-order valence-corrected chi connectivity index (χ1v) is 13.1. The highest BCUT2D eigenvalue weighted by Gasteiger charge is 2.30. The predicted octanol–water partition coefficient (Wildman–Crippen LogP) is -3.21. The van der Waals surface area contributed by atoms with Gasteiger partial charge in [0.15, 0.2) is 5.96 Å². The largest absolute Gasteiger partial charge is 0.481 e. The summed E-state index contributed by atoms with van der Waals surface area (Å²) in [5, 5.41) is 25.5. The zero-order valence-electron chi connectivity index (χ0n) is 21.2. The van der Waals surface area contributed by atoms with Crippen LogP contribution in [0.25, 0.3) is 0 Å². The third kappa shape index (κ3) is 15.5. The Bertz CT molecular complexity index is 868. The first-order valence-electron chi connectivity index (χ1n) is 11.7. The van der Waals surface area contributed by atoms with Gasteiger partial charge in [0.05, 0.1) is 6.04 Å². The van der Waals surface area contributed by atoms with Gasteiger partial charge in [-0.3, -0.25) is 29.0 Å². The van der Waals surface area contributed by atoms with E-state index in [-0.39, 0.29) is 44.6 Å². The number of aliphatic carboxylic acids is 2. The summed E-state index contributed by atoms with van der Waals surface area (Å²) in [4.78, 5) is 75.7. The number of thioether (sulfide) groups is 1. The maximum absolute atomic E-state index is 13.0. The predicted molar refractivity (Wildman–Crippen MR) is 140 cm³/mol. The molecule has 0 aliphatic rings. The number of primary amides is 1. The van der Waals surface area contributed by atoms with Crippen LogP contribution in [0.2, 0.25) is 0 Å². The fraction of sp³-hybridized carbons (Fsp3) is 0.667. The van der Waals surface area contributed by atoms with Crippen molar-refractivity contribution in [2.24, 2.45) is 27.9 Å². The second-order valence-corrected chi connectivity index (χ2v) is 9.28. The second kappa shape index (κ2) is 18.6. The van der Waals surface area contributed by atoms with E-state index < -0.39 is 66.2 Å². The van der Waals surface area contributed by atoms with Crippen molar-refractivity contribution in [3.8, 4) is 0 Å². The Morgan fingerprint density at radius 1 is 0.789 bits per heavy atom. The third-order valence-corrected chi connectivity index (χ3v) is 5.77. The molecule has 16 nitrogen and oxygen atoms in total. The Morgan fingerprint density at radius 3 is 1.82 bits per heavy atom. The minimum Gasteiger partial charge on any atom is -0.481 e. The smallest absolute Gasteiger partial charge is 0.326 e. The maximum atomic E-state index is 13.0. The molecular weight excluding hydrogens is 524 g/mol. The molecule has 4 amide bonds. The highest BCUT2D eigenvalue weighted by molar-refractivity contribution is 7.98. The molecule has 0 aromatic heterocycles. The van der Waals surface area contributed by atoms with Crippen molar-refractivity contribution in [2.45, 2.75) is 69.1 Å². The lowest BCUT2D eigenvalue weighted by Gasteiger charge is -2.25. The van der Waals surface area contributed by atoms with E-state index >= 15 is 0 Å². The molecule has 0 saturated carbocycles. The standard InChI is InChI=1S/C21H38N8O8S/c1-38-10-8-13(19(35)29-14(20(36)37)4-6-15(23)30)28-18(34)12(5-7-16(31)32)27-17(33)11(22)3-2-9-26-21(24)25/h11-14H,2-10,22H2,1H3,(H2,23,30)(H,27,33)(H,28,34)(H,29,35)(H,31,32)(H,36,37)(H4,24,25,26). The minimum atomic E-state index is -1.43. The molecule has 38 heavy (non-hydrogen) atoms. The molecule has 0 bridgehead atoms. The lowest BCUT2D eigenvalue weighted by atomic mass is 10.1.